The van der Waals surface area contributed by atoms with E-state index in [2.05, 4.69) is 10.4 Å². The number of fused-ring (bicyclic) bond motifs is 1. The second-order valence-corrected chi connectivity index (χ2v) is 9.68. The first kappa shape index (κ1) is 21.8. The normalized spacial score (nSPS) is 18.0. The molecule has 3 amide bonds. The fraction of sp³-hybridized carbons (Fsp3) is 0.688. The van der Waals surface area contributed by atoms with Crippen LogP contribution in [0.4, 0.5) is 9.59 Å². The zero-order chi connectivity index (χ0) is 21.3. The Morgan fingerprint density at radius 2 is 2.04 bits per heavy atom. The maximum Gasteiger partial charge on any atom is 0.404 e. The Bertz CT molecular complexity index is 842. The van der Waals surface area contributed by atoms with Crippen LogP contribution >= 0.6 is 0 Å². The van der Waals surface area contributed by atoms with Crippen LogP contribution in [-0.4, -0.2) is 49.1 Å². The third-order valence-corrected chi connectivity index (χ3v) is 5.38. The Kier molecular flexibility index (Phi) is 6.12. The summed E-state index contributed by atoms with van der Waals surface area (Å²) in [5.74, 6) is -0.263. The van der Waals surface area contributed by atoms with Crippen molar-refractivity contribution in [2.24, 2.45) is 17.1 Å². The van der Waals surface area contributed by atoms with Crippen LogP contribution in [-0.2, 0) is 21.3 Å². The molecule has 12 heteroatoms. The molecule has 0 spiro atoms. The number of carbonyl (C=O) groups excluding carboxylic acids is 2. The van der Waals surface area contributed by atoms with E-state index in [0.717, 1.165) is 6.20 Å². The van der Waals surface area contributed by atoms with E-state index in [-0.39, 0.29) is 35.9 Å². The molecular weight excluding hydrogens is 390 g/mol. The van der Waals surface area contributed by atoms with Crippen LogP contribution in [0.15, 0.2) is 11.1 Å². The van der Waals surface area contributed by atoms with Gasteiger partial charge in [0.15, 0.2) is 4.90 Å². The molecule has 28 heavy (non-hydrogen) atoms. The summed E-state index contributed by atoms with van der Waals surface area (Å²) in [6, 6.07) is -1.07. The largest absolute Gasteiger partial charge is 0.476 e. The second-order valence-electron chi connectivity index (χ2n) is 8.02. The van der Waals surface area contributed by atoms with Gasteiger partial charge in [-0.2, -0.15) is 5.10 Å². The third kappa shape index (κ3) is 5.06. The number of hydrogen-bond acceptors (Lipinski definition) is 7. The number of rotatable bonds is 5. The fourth-order valence-corrected chi connectivity index (χ4v) is 4.03. The van der Waals surface area contributed by atoms with Crippen molar-refractivity contribution in [1.82, 2.24) is 19.8 Å². The van der Waals surface area contributed by atoms with Crippen molar-refractivity contribution in [3.05, 3.63) is 6.20 Å². The first-order valence-corrected chi connectivity index (χ1v) is 10.3. The van der Waals surface area contributed by atoms with Crippen molar-refractivity contribution in [2.45, 2.75) is 58.2 Å². The molecule has 2 heterocycles. The molecule has 0 fully saturated rings. The molecule has 0 bridgehead atoms. The minimum absolute atomic E-state index is 0.0211. The van der Waals surface area contributed by atoms with Crippen LogP contribution < -0.4 is 20.5 Å². The monoisotopic (exact) mass is 417 g/mol. The number of nitrogens with two attached hydrogens (primary N) is 1. The number of primary amides is 1. The minimum atomic E-state index is -4.16. The van der Waals surface area contributed by atoms with E-state index >= 15 is 0 Å². The molecule has 0 aliphatic carbocycles. The molecule has 0 aromatic carbocycles. The van der Waals surface area contributed by atoms with Crippen molar-refractivity contribution < 1.29 is 27.5 Å². The number of nitrogens with one attached hydrogen (secondary N) is 2. The highest BCUT2D eigenvalue weighted by atomic mass is 32.2. The van der Waals surface area contributed by atoms with Gasteiger partial charge in [-0.1, -0.05) is 20.8 Å². The lowest BCUT2D eigenvalue weighted by Gasteiger charge is -2.37. The van der Waals surface area contributed by atoms with Gasteiger partial charge in [-0.15, -0.1) is 0 Å². The summed E-state index contributed by atoms with van der Waals surface area (Å²) in [5.41, 5.74) is 4.77. The minimum Gasteiger partial charge on any atom is -0.476 e. The Labute approximate surface area is 164 Å². The summed E-state index contributed by atoms with van der Waals surface area (Å²) >= 11 is 0. The van der Waals surface area contributed by atoms with Crippen LogP contribution in [0, 0.1) is 11.3 Å². The van der Waals surface area contributed by atoms with Crippen molar-refractivity contribution in [2.75, 3.05) is 6.61 Å². The van der Waals surface area contributed by atoms with Crippen molar-refractivity contribution >= 4 is 22.1 Å². The summed E-state index contributed by atoms with van der Waals surface area (Å²) in [5, 5.41) is 6.49. The molecule has 0 radical (unpaired) electrons. The summed E-state index contributed by atoms with van der Waals surface area (Å²) in [7, 11) is -4.16. The summed E-state index contributed by atoms with van der Waals surface area (Å²) in [4.78, 5) is 22.8. The van der Waals surface area contributed by atoms with Crippen molar-refractivity contribution in [3.8, 4) is 5.88 Å². The topological polar surface area (TPSA) is 155 Å². The average molecular weight is 417 g/mol. The van der Waals surface area contributed by atoms with E-state index in [9.17, 15) is 18.0 Å². The number of hydrogen-bond donors (Lipinski definition) is 3. The Balaban J connectivity index is 2.22. The van der Waals surface area contributed by atoms with Gasteiger partial charge < -0.3 is 20.5 Å². The zero-order valence-corrected chi connectivity index (χ0v) is 17.4. The zero-order valence-electron chi connectivity index (χ0n) is 16.6. The van der Waals surface area contributed by atoms with Crippen LogP contribution in [0.1, 0.15) is 34.6 Å². The highest BCUT2D eigenvalue weighted by Gasteiger charge is 2.40. The quantitative estimate of drug-likeness (QED) is 0.640. The van der Waals surface area contributed by atoms with Gasteiger partial charge in [0.2, 0.25) is 5.88 Å². The van der Waals surface area contributed by atoms with E-state index in [0.29, 0.717) is 0 Å². The van der Waals surface area contributed by atoms with Crippen molar-refractivity contribution in [3.63, 3.8) is 0 Å². The number of carbonyl (C=O) groups is 2. The molecule has 2 unspecified atom stereocenters. The number of ether oxygens (including phenoxy) is 2. The molecule has 4 N–H and O–H groups in total. The van der Waals surface area contributed by atoms with Crippen molar-refractivity contribution in [1.29, 1.82) is 0 Å². The molecular formula is C16H27N5O6S. The SMILES string of the molecule is CC(C)NC(=O)NS(=O)(=O)c1cnn2c1OCC(C(OC(N)=O)C(C)(C)C)C2. The van der Waals surface area contributed by atoms with Gasteiger partial charge in [0.1, 0.15) is 6.10 Å². The van der Waals surface area contributed by atoms with Crippen LogP contribution in [0.2, 0.25) is 0 Å². The van der Waals surface area contributed by atoms with Gasteiger partial charge in [0, 0.05) is 6.04 Å². The first-order valence-electron chi connectivity index (χ1n) is 8.79. The lowest BCUT2D eigenvalue weighted by Crippen LogP contribution is -2.45. The molecule has 0 saturated heterocycles. The number of sulfonamides is 1. The van der Waals surface area contributed by atoms with E-state index in [1.807, 2.05) is 25.5 Å². The lowest BCUT2D eigenvalue weighted by molar-refractivity contribution is -0.0354. The average Bonchev–Trinajstić information content (AvgIpc) is 2.93. The number of nitrogens with zero attached hydrogens (tertiary/aromatic N) is 2. The molecule has 158 valence electrons. The van der Waals surface area contributed by atoms with Gasteiger partial charge in [-0.3, -0.25) is 0 Å². The number of aromatic nitrogens is 2. The van der Waals surface area contributed by atoms with E-state index < -0.39 is 33.7 Å². The van der Waals surface area contributed by atoms with Gasteiger partial charge in [-0.05, 0) is 19.3 Å². The molecule has 11 nitrogen and oxygen atoms in total. The first-order chi connectivity index (χ1) is 12.8. The maximum absolute atomic E-state index is 12.5. The fourth-order valence-electron chi connectivity index (χ4n) is 3.03. The molecule has 2 atom stereocenters. The smallest absolute Gasteiger partial charge is 0.404 e. The Morgan fingerprint density at radius 1 is 1.39 bits per heavy atom. The molecule has 0 saturated carbocycles. The van der Waals surface area contributed by atoms with Crippen LogP contribution in [0.5, 0.6) is 5.88 Å². The predicted molar refractivity (Wildman–Crippen MR) is 99.1 cm³/mol. The number of amides is 3. The second kappa shape index (κ2) is 7.86. The Morgan fingerprint density at radius 3 is 2.57 bits per heavy atom. The third-order valence-electron chi connectivity index (χ3n) is 4.06. The van der Waals surface area contributed by atoms with Gasteiger partial charge in [0.05, 0.1) is 25.3 Å². The number of urea groups is 1. The van der Waals surface area contributed by atoms with Gasteiger partial charge in [-0.25, -0.2) is 27.4 Å². The maximum atomic E-state index is 12.5. The molecule has 2 rings (SSSR count). The van der Waals surface area contributed by atoms with Gasteiger partial charge in [0.25, 0.3) is 10.0 Å². The standard InChI is InChI=1S/C16H27N5O6S/c1-9(2)19-15(23)20-28(24,25)11-6-18-21-7-10(8-26-13(11)21)12(16(3,4)5)27-14(17)22/h6,9-10,12H,7-8H2,1-5H3,(H2,17,22)(H2,19,20,23). The van der Waals surface area contributed by atoms with E-state index in [1.54, 1.807) is 13.8 Å². The van der Waals surface area contributed by atoms with E-state index in [4.69, 9.17) is 15.2 Å². The molecule has 1 aliphatic heterocycles. The van der Waals surface area contributed by atoms with Crippen LogP contribution in [0.25, 0.3) is 0 Å². The highest BCUT2D eigenvalue weighted by molar-refractivity contribution is 7.90. The van der Waals surface area contributed by atoms with E-state index in [1.165, 1.54) is 4.68 Å². The van der Waals surface area contributed by atoms with Crippen LogP contribution in [0.3, 0.4) is 0 Å². The molecule has 1 aliphatic rings. The lowest BCUT2D eigenvalue weighted by atomic mass is 9.81. The van der Waals surface area contributed by atoms with Gasteiger partial charge >= 0.3 is 12.1 Å². The molecule has 1 aromatic rings. The summed E-state index contributed by atoms with van der Waals surface area (Å²) in [6.07, 6.45) is -0.337. The highest BCUT2D eigenvalue weighted by Crippen LogP contribution is 2.35. The Hall–Kier alpha value is -2.50. The predicted octanol–water partition coefficient (Wildman–Crippen LogP) is 0.798. The molecule has 1 aromatic heterocycles. The summed E-state index contributed by atoms with van der Waals surface area (Å²) in [6.45, 7) is 9.46. The summed E-state index contributed by atoms with van der Waals surface area (Å²) < 4.78 is 39.2.